The van der Waals surface area contributed by atoms with Crippen LogP contribution in [0.5, 0.6) is 11.6 Å². The number of ether oxygens (including phenoxy) is 2. The molecule has 0 fully saturated rings. The van der Waals surface area contributed by atoms with Gasteiger partial charge in [0.15, 0.2) is 5.75 Å². The van der Waals surface area contributed by atoms with Crippen molar-refractivity contribution in [2.45, 2.75) is 13.8 Å². The van der Waals surface area contributed by atoms with E-state index in [1.165, 1.54) is 7.11 Å². The van der Waals surface area contributed by atoms with E-state index in [1.807, 2.05) is 19.1 Å². The van der Waals surface area contributed by atoms with Gasteiger partial charge in [-0.2, -0.15) is 0 Å². The number of esters is 1. The number of hydrogen-bond acceptors (Lipinski definition) is 5. The molecule has 0 aliphatic carbocycles. The zero-order valence-electron chi connectivity index (χ0n) is 11.6. The molecule has 0 aliphatic rings. The first kappa shape index (κ1) is 13.9. The highest BCUT2D eigenvalue weighted by Crippen LogP contribution is 2.29. The maximum absolute atomic E-state index is 11.5. The summed E-state index contributed by atoms with van der Waals surface area (Å²) in [4.78, 5) is 15.7. The van der Waals surface area contributed by atoms with Gasteiger partial charge in [0, 0.05) is 6.07 Å². The van der Waals surface area contributed by atoms with Gasteiger partial charge in [-0.1, -0.05) is 12.1 Å². The van der Waals surface area contributed by atoms with Crippen LogP contribution in [0.15, 0.2) is 30.3 Å². The van der Waals surface area contributed by atoms with Crippen molar-refractivity contribution in [1.82, 2.24) is 4.98 Å². The first-order valence-electron chi connectivity index (χ1n) is 6.12. The zero-order valence-corrected chi connectivity index (χ0v) is 11.6. The minimum absolute atomic E-state index is 0.382. The first-order chi connectivity index (χ1) is 9.52. The van der Waals surface area contributed by atoms with Crippen LogP contribution in [0, 0.1) is 13.8 Å². The Morgan fingerprint density at radius 3 is 2.60 bits per heavy atom. The summed E-state index contributed by atoms with van der Waals surface area (Å²) in [5.41, 5.74) is 8.41. The third-order valence-electron chi connectivity index (χ3n) is 2.96. The van der Waals surface area contributed by atoms with Gasteiger partial charge in [-0.3, -0.25) is 0 Å². The van der Waals surface area contributed by atoms with Crippen molar-refractivity contribution >= 4 is 11.7 Å². The number of aromatic nitrogens is 1. The number of benzene rings is 1. The SMILES string of the molecule is COC(=O)c1ccc(Oc2cccc(C)c2N)nc1C. The number of nitrogen functional groups attached to an aromatic ring is 1. The molecular formula is C15H16N2O3. The van der Waals surface area contributed by atoms with Crippen LogP contribution in [-0.4, -0.2) is 18.1 Å². The van der Waals surface area contributed by atoms with Crippen LogP contribution < -0.4 is 10.5 Å². The lowest BCUT2D eigenvalue weighted by Gasteiger charge is -2.10. The van der Waals surface area contributed by atoms with Crippen LogP contribution in [0.3, 0.4) is 0 Å². The molecule has 2 rings (SSSR count). The molecule has 0 saturated heterocycles. The molecule has 0 aliphatic heterocycles. The van der Waals surface area contributed by atoms with E-state index in [4.69, 9.17) is 10.5 Å². The summed E-state index contributed by atoms with van der Waals surface area (Å²) in [5.74, 6) is 0.506. The van der Waals surface area contributed by atoms with E-state index in [9.17, 15) is 4.79 Å². The highest BCUT2D eigenvalue weighted by atomic mass is 16.5. The Labute approximate surface area is 117 Å². The third-order valence-corrected chi connectivity index (χ3v) is 2.96. The topological polar surface area (TPSA) is 74.4 Å². The fourth-order valence-corrected chi connectivity index (χ4v) is 1.78. The molecule has 1 heterocycles. The van der Waals surface area contributed by atoms with Gasteiger partial charge >= 0.3 is 5.97 Å². The van der Waals surface area contributed by atoms with E-state index in [2.05, 4.69) is 9.72 Å². The average molecular weight is 272 g/mol. The maximum Gasteiger partial charge on any atom is 0.339 e. The van der Waals surface area contributed by atoms with E-state index < -0.39 is 5.97 Å². The second kappa shape index (κ2) is 5.61. The maximum atomic E-state index is 11.5. The number of rotatable bonds is 3. The normalized spacial score (nSPS) is 10.2. The monoisotopic (exact) mass is 272 g/mol. The van der Waals surface area contributed by atoms with Crippen molar-refractivity contribution in [3.8, 4) is 11.6 Å². The largest absolute Gasteiger partial charge is 0.465 e. The van der Waals surface area contributed by atoms with Crippen molar-refractivity contribution in [2.24, 2.45) is 0 Å². The molecule has 2 N–H and O–H groups in total. The Bertz CT molecular complexity index is 654. The fourth-order valence-electron chi connectivity index (χ4n) is 1.78. The number of methoxy groups -OCH3 is 1. The van der Waals surface area contributed by atoms with E-state index >= 15 is 0 Å². The minimum Gasteiger partial charge on any atom is -0.465 e. The molecule has 5 nitrogen and oxygen atoms in total. The van der Waals surface area contributed by atoms with Gasteiger partial charge in [0.1, 0.15) is 0 Å². The molecule has 1 aromatic heterocycles. The standard InChI is InChI=1S/C15H16N2O3/c1-9-5-4-6-12(14(9)16)20-13-8-7-11(10(2)17-13)15(18)19-3/h4-8H,16H2,1-3H3. The molecule has 0 saturated carbocycles. The fraction of sp³-hybridized carbons (Fsp3) is 0.200. The summed E-state index contributed by atoms with van der Waals surface area (Å²) in [6.07, 6.45) is 0. The lowest BCUT2D eigenvalue weighted by molar-refractivity contribution is 0.0599. The number of pyridine rings is 1. The van der Waals surface area contributed by atoms with Gasteiger partial charge < -0.3 is 15.2 Å². The summed E-state index contributed by atoms with van der Waals surface area (Å²) < 4.78 is 10.3. The highest BCUT2D eigenvalue weighted by molar-refractivity contribution is 5.90. The van der Waals surface area contributed by atoms with Crippen LogP contribution in [0.2, 0.25) is 0 Å². The third kappa shape index (κ3) is 2.71. The summed E-state index contributed by atoms with van der Waals surface area (Å²) in [5, 5.41) is 0. The van der Waals surface area contributed by atoms with E-state index in [-0.39, 0.29) is 0 Å². The molecule has 1 aromatic carbocycles. The van der Waals surface area contributed by atoms with Gasteiger partial charge in [-0.15, -0.1) is 0 Å². The average Bonchev–Trinajstić information content (AvgIpc) is 2.43. The second-order valence-corrected chi connectivity index (χ2v) is 4.36. The molecule has 0 amide bonds. The van der Waals surface area contributed by atoms with Crippen LogP contribution in [0.1, 0.15) is 21.6 Å². The molecule has 0 atom stereocenters. The Balaban J connectivity index is 2.29. The highest BCUT2D eigenvalue weighted by Gasteiger charge is 2.12. The Morgan fingerprint density at radius 2 is 1.95 bits per heavy atom. The summed E-state index contributed by atoms with van der Waals surface area (Å²) in [7, 11) is 1.33. The number of nitrogens with zero attached hydrogens (tertiary/aromatic N) is 1. The van der Waals surface area contributed by atoms with Crippen molar-refractivity contribution < 1.29 is 14.3 Å². The Hall–Kier alpha value is -2.56. The number of aryl methyl sites for hydroxylation is 2. The van der Waals surface area contributed by atoms with Crippen LogP contribution in [0.4, 0.5) is 5.69 Å². The molecular weight excluding hydrogens is 256 g/mol. The quantitative estimate of drug-likeness (QED) is 0.687. The van der Waals surface area contributed by atoms with Crippen LogP contribution >= 0.6 is 0 Å². The van der Waals surface area contributed by atoms with Crippen molar-refractivity contribution in [1.29, 1.82) is 0 Å². The van der Waals surface area contributed by atoms with Crippen LogP contribution in [-0.2, 0) is 4.74 Å². The lowest BCUT2D eigenvalue weighted by Crippen LogP contribution is -2.05. The molecule has 5 heteroatoms. The molecule has 0 spiro atoms. The van der Waals surface area contributed by atoms with Crippen molar-refractivity contribution in [2.75, 3.05) is 12.8 Å². The van der Waals surface area contributed by atoms with Gasteiger partial charge in [-0.05, 0) is 31.5 Å². The number of para-hydroxylation sites is 1. The molecule has 104 valence electrons. The molecule has 0 radical (unpaired) electrons. The smallest absolute Gasteiger partial charge is 0.339 e. The van der Waals surface area contributed by atoms with Crippen LogP contribution in [0.25, 0.3) is 0 Å². The zero-order chi connectivity index (χ0) is 14.7. The number of anilines is 1. The number of carbonyl (C=O) groups is 1. The van der Waals surface area contributed by atoms with Gasteiger partial charge in [0.25, 0.3) is 0 Å². The predicted molar refractivity (Wildman–Crippen MR) is 76.0 cm³/mol. The number of nitrogens with two attached hydrogens (primary N) is 1. The predicted octanol–water partition coefficient (Wildman–Crippen LogP) is 2.86. The second-order valence-electron chi connectivity index (χ2n) is 4.36. The number of hydrogen-bond donors (Lipinski definition) is 1. The molecule has 20 heavy (non-hydrogen) atoms. The molecule has 2 aromatic rings. The van der Waals surface area contributed by atoms with E-state index in [1.54, 1.807) is 25.1 Å². The van der Waals surface area contributed by atoms with E-state index in [0.29, 0.717) is 28.6 Å². The van der Waals surface area contributed by atoms with Gasteiger partial charge in [0.05, 0.1) is 24.1 Å². The minimum atomic E-state index is -0.420. The molecule has 0 unspecified atom stereocenters. The van der Waals surface area contributed by atoms with Crippen molar-refractivity contribution in [3.63, 3.8) is 0 Å². The van der Waals surface area contributed by atoms with E-state index in [0.717, 1.165) is 5.56 Å². The number of carbonyl (C=O) groups excluding carboxylic acids is 1. The Kier molecular flexibility index (Phi) is 3.89. The lowest BCUT2D eigenvalue weighted by atomic mass is 10.2. The summed E-state index contributed by atoms with van der Waals surface area (Å²) in [6.45, 7) is 3.62. The summed E-state index contributed by atoms with van der Waals surface area (Å²) >= 11 is 0. The summed E-state index contributed by atoms with van der Waals surface area (Å²) in [6, 6.07) is 8.77. The molecule has 0 bridgehead atoms. The van der Waals surface area contributed by atoms with Gasteiger partial charge in [-0.25, -0.2) is 9.78 Å². The Morgan fingerprint density at radius 1 is 1.20 bits per heavy atom. The van der Waals surface area contributed by atoms with Gasteiger partial charge in [0.2, 0.25) is 5.88 Å². The van der Waals surface area contributed by atoms with Crippen molar-refractivity contribution in [3.05, 3.63) is 47.2 Å². The first-order valence-corrected chi connectivity index (χ1v) is 6.12.